The minimum atomic E-state index is 0.991. The maximum absolute atomic E-state index is 4.25. The van der Waals surface area contributed by atoms with Gasteiger partial charge in [0.25, 0.3) is 0 Å². The lowest BCUT2D eigenvalue weighted by molar-refractivity contribution is 1.32. The van der Waals surface area contributed by atoms with E-state index in [4.69, 9.17) is 0 Å². The van der Waals surface area contributed by atoms with Crippen molar-refractivity contribution in [2.75, 3.05) is 0 Å². The van der Waals surface area contributed by atoms with Crippen LogP contribution in [-0.2, 0) is 0 Å². The molecule has 0 aromatic heterocycles. The summed E-state index contributed by atoms with van der Waals surface area (Å²) in [5.74, 6) is 0. The van der Waals surface area contributed by atoms with Gasteiger partial charge in [0.2, 0.25) is 0 Å². The summed E-state index contributed by atoms with van der Waals surface area (Å²) in [6, 6.07) is 32.6. The number of hydrogen-bond donors (Lipinski definition) is 4. The Kier molecular flexibility index (Phi) is 9.56. The van der Waals surface area contributed by atoms with Crippen molar-refractivity contribution in [3.05, 3.63) is 97.1 Å². The van der Waals surface area contributed by atoms with Gasteiger partial charge in [0.1, 0.15) is 0 Å². The third kappa shape index (κ3) is 8.25. The average molecular weight is 501 g/mol. The SMILES string of the molecule is Sc1ccc(Sc2ccc(S)cc2)cc1.Sc1ccc(Sc2ccc(S)cc2)cc1. The molecule has 0 spiro atoms. The van der Waals surface area contributed by atoms with Gasteiger partial charge in [-0.15, -0.1) is 50.5 Å². The van der Waals surface area contributed by atoms with E-state index in [0.29, 0.717) is 0 Å². The Morgan fingerprint density at radius 3 is 0.633 bits per heavy atom. The van der Waals surface area contributed by atoms with E-state index in [1.54, 1.807) is 23.5 Å². The van der Waals surface area contributed by atoms with Crippen LogP contribution >= 0.6 is 74.0 Å². The normalized spacial score (nSPS) is 10.3. The predicted octanol–water partition coefficient (Wildman–Crippen LogP) is 8.83. The van der Waals surface area contributed by atoms with E-state index < -0.39 is 0 Å². The number of thiol groups is 4. The highest BCUT2D eigenvalue weighted by Crippen LogP contribution is 2.29. The molecule has 0 heterocycles. The maximum atomic E-state index is 4.25. The van der Waals surface area contributed by atoms with Crippen LogP contribution in [0.3, 0.4) is 0 Å². The number of benzene rings is 4. The second-order valence-corrected chi connectivity index (χ2v) is 10.5. The van der Waals surface area contributed by atoms with Crippen molar-refractivity contribution in [1.29, 1.82) is 0 Å². The lowest BCUT2D eigenvalue weighted by Crippen LogP contribution is -1.73. The maximum Gasteiger partial charge on any atom is 0.0123 e. The van der Waals surface area contributed by atoms with E-state index in [-0.39, 0.29) is 0 Å². The van der Waals surface area contributed by atoms with E-state index in [2.05, 4.69) is 99.0 Å². The quantitative estimate of drug-likeness (QED) is 0.207. The van der Waals surface area contributed by atoms with Gasteiger partial charge in [-0.2, -0.15) is 0 Å². The van der Waals surface area contributed by atoms with Crippen LogP contribution in [0.5, 0.6) is 0 Å². The second-order valence-electron chi connectivity index (χ2n) is 6.18. The zero-order chi connectivity index (χ0) is 21.3. The standard InChI is InChI=1S/2C12H10S3/c2*13-9-1-5-11(6-2-9)15-12-7-3-10(14)4-8-12/h2*1-8,13-14H. The van der Waals surface area contributed by atoms with E-state index in [1.165, 1.54) is 19.6 Å². The smallest absolute Gasteiger partial charge is 0.0123 e. The summed E-state index contributed by atoms with van der Waals surface area (Å²) in [6.07, 6.45) is 0. The molecule has 0 radical (unpaired) electrons. The van der Waals surface area contributed by atoms with Crippen LogP contribution in [0.1, 0.15) is 0 Å². The Morgan fingerprint density at radius 2 is 0.467 bits per heavy atom. The van der Waals surface area contributed by atoms with Crippen LogP contribution in [0.2, 0.25) is 0 Å². The molecule has 0 saturated carbocycles. The highest BCUT2D eigenvalue weighted by molar-refractivity contribution is 7.99. The summed E-state index contributed by atoms with van der Waals surface area (Å²) >= 11 is 20.5. The molecule has 0 bridgehead atoms. The summed E-state index contributed by atoms with van der Waals surface area (Å²) < 4.78 is 0. The summed E-state index contributed by atoms with van der Waals surface area (Å²) in [5, 5.41) is 0. The first-order chi connectivity index (χ1) is 14.5. The van der Waals surface area contributed by atoms with Gasteiger partial charge in [0.15, 0.2) is 0 Å². The van der Waals surface area contributed by atoms with Gasteiger partial charge < -0.3 is 0 Å². The van der Waals surface area contributed by atoms with Gasteiger partial charge in [-0.3, -0.25) is 0 Å². The van der Waals surface area contributed by atoms with Gasteiger partial charge in [-0.25, -0.2) is 0 Å². The molecule has 0 saturated heterocycles. The van der Waals surface area contributed by atoms with Crippen LogP contribution < -0.4 is 0 Å². The molecule has 0 nitrogen and oxygen atoms in total. The molecule has 0 N–H and O–H groups in total. The molecule has 0 atom stereocenters. The van der Waals surface area contributed by atoms with Gasteiger partial charge >= 0.3 is 0 Å². The molecule has 152 valence electrons. The van der Waals surface area contributed by atoms with E-state index in [0.717, 1.165) is 19.6 Å². The highest BCUT2D eigenvalue weighted by Gasteiger charge is 1.97. The van der Waals surface area contributed by atoms with Crippen molar-refractivity contribution < 1.29 is 0 Å². The van der Waals surface area contributed by atoms with Crippen molar-refractivity contribution in [2.45, 2.75) is 39.2 Å². The van der Waals surface area contributed by atoms with Gasteiger partial charge in [-0.1, -0.05) is 23.5 Å². The molecule has 0 aliphatic heterocycles. The van der Waals surface area contributed by atoms with E-state index >= 15 is 0 Å². The fourth-order valence-electron chi connectivity index (χ4n) is 2.33. The third-order valence-corrected chi connectivity index (χ3v) is 7.04. The summed E-state index contributed by atoms with van der Waals surface area (Å²) in [6.45, 7) is 0. The summed E-state index contributed by atoms with van der Waals surface area (Å²) in [4.78, 5) is 8.85. The van der Waals surface area contributed by atoms with Crippen LogP contribution in [0.25, 0.3) is 0 Å². The molecule has 30 heavy (non-hydrogen) atoms. The molecular formula is C24H20S6. The van der Waals surface area contributed by atoms with Crippen LogP contribution in [-0.4, -0.2) is 0 Å². The minimum Gasteiger partial charge on any atom is -0.143 e. The van der Waals surface area contributed by atoms with Crippen LogP contribution in [0, 0.1) is 0 Å². The predicted molar refractivity (Wildman–Crippen MR) is 143 cm³/mol. The summed E-state index contributed by atoms with van der Waals surface area (Å²) in [5.41, 5.74) is 0. The molecule has 6 heteroatoms. The lowest BCUT2D eigenvalue weighted by atomic mass is 10.4. The first-order valence-corrected chi connectivity index (χ1v) is 12.4. The zero-order valence-corrected chi connectivity index (χ0v) is 21.1. The van der Waals surface area contributed by atoms with Crippen LogP contribution in [0.15, 0.2) is 136 Å². The van der Waals surface area contributed by atoms with Gasteiger partial charge in [-0.05, 0) is 97.1 Å². The Morgan fingerprint density at radius 1 is 0.300 bits per heavy atom. The Labute approximate surface area is 208 Å². The Bertz CT molecular complexity index is 865. The molecular weight excluding hydrogens is 481 g/mol. The molecule has 0 fully saturated rings. The fraction of sp³-hybridized carbons (Fsp3) is 0. The average Bonchev–Trinajstić information content (AvgIpc) is 2.75. The summed E-state index contributed by atoms with van der Waals surface area (Å²) in [7, 11) is 0. The minimum absolute atomic E-state index is 0.991. The fourth-order valence-corrected chi connectivity index (χ4v) is 4.56. The Balaban J connectivity index is 0.000000171. The largest absolute Gasteiger partial charge is 0.143 e. The molecule has 4 aromatic carbocycles. The van der Waals surface area contributed by atoms with Gasteiger partial charge in [0, 0.05) is 39.2 Å². The molecule has 0 unspecified atom stereocenters. The molecule has 4 aromatic rings. The Hall–Kier alpha value is -1.02. The monoisotopic (exact) mass is 500 g/mol. The van der Waals surface area contributed by atoms with E-state index in [9.17, 15) is 0 Å². The van der Waals surface area contributed by atoms with Crippen molar-refractivity contribution in [3.8, 4) is 0 Å². The number of rotatable bonds is 4. The lowest BCUT2D eigenvalue weighted by Gasteiger charge is -2.01. The molecule has 0 amide bonds. The van der Waals surface area contributed by atoms with Crippen LogP contribution in [0.4, 0.5) is 0 Å². The molecule has 4 rings (SSSR count). The zero-order valence-electron chi connectivity index (χ0n) is 15.8. The van der Waals surface area contributed by atoms with Crippen molar-refractivity contribution in [2.24, 2.45) is 0 Å². The number of hydrogen-bond acceptors (Lipinski definition) is 6. The van der Waals surface area contributed by atoms with Crippen molar-refractivity contribution in [3.63, 3.8) is 0 Å². The topological polar surface area (TPSA) is 0 Å². The molecule has 0 aliphatic rings. The van der Waals surface area contributed by atoms with Gasteiger partial charge in [0.05, 0.1) is 0 Å². The molecule has 0 aliphatic carbocycles. The second kappa shape index (κ2) is 12.1. The first kappa shape index (κ1) is 23.6. The van der Waals surface area contributed by atoms with Crippen molar-refractivity contribution >= 4 is 74.0 Å². The highest BCUT2D eigenvalue weighted by atomic mass is 32.2. The first-order valence-electron chi connectivity index (χ1n) is 9.00. The van der Waals surface area contributed by atoms with E-state index in [1.807, 2.05) is 48.5 Å². The van der Waals surface area contributed by atoms with Crippen molar-refractivity contribution in [1.82, 2.24) is 0 Å². The third-order valence-electron chi connectivity index (χ3n) is 3.82.